The molecule has 0 bridgehead atoms. The fourth-order valence-corrected chi connectivity index (χ4v) is 2.97. The Morgan fingerprint density at radius 3 is 2.52 bits per heavy atom. The number of pyridine rings is 1. The van der Waals surface area contributed by atoms with Gasteiger partial charge < -0.3 is 4.90 Å². The normalized spacial score (nSPS) is 15.7. The van der Waals surface area contributed by atoms with Crippen LogP contribution in [0.2, 0.25) is 10.0 Å². The third kappa shape index (κ3) is 4.02. The number of aromatic nitrogens is 1. The van der Waals surface area contributed by atoms with E-state index in [1.54, 1.807) is 24.4 Å². The molecule has 2 heterocycles. The third-order valence-electron chi connectivity index (χ3n) is 3.96. The molecule has 1 aromatic carbocycles. The minimum absolute atomic E-state index is 0.00425. The quantitative estimate of drug-likeness (QED) is 0.852. The first-order valence-electron chi connectivity index (χ1n) is 7.49. The van der Waals surface area contributed by atoms with Crippen LogP contribution < -0.4 is 0 Å². The molecule has 120 valence electrons. The fraction of sp³-hybridized carbons (Fsp3) is 0.294. The van der Waals surface area contributed by atoms with Gasteiger partial charge in [0.2, 0.25) is 0 Å². The molecule has 1 aliphatic heterocycles. The number of halogens is 2. The lowest BCUT2D eigenvalue weighted by molar-refractivity contribution is 0.0628. The van der Waals surface area contributed by atoms with Crippen molar-refractivity contribution in [2.45, 2.75) is 6.54 Å². The Morgan fingerprint density at radius 1 is 1.09 bits per heavy atom. The fourth-order valence-electron chi connectivity index (χ4n) is 2.67. The van der Waals surface area contributed by atoms with Gasteiger partial charge in [-0.05, 0) is 29.8 Å². The Labute approximate surface area is 145 Å². The molecule has 1 aliphatic rings. The van der Waals surface area contributed by atoms with Crippen molar-refractivity contribution >= 4 is 29.1 Å². The molecule has 1 fully saturated rings. The van der Waals surface area contributed by atoms with E-state index in [4.69, 9.17) is 23.2 Å². The zero-order valence-electron chi connectivity index (χ0n) is 12.6. The summed E-state index contributed by atoms with van der Waals surface area (Å²) in [6.45, 7) is 3.98. The summed E-state index contributed by atoms with van der Waals surface area (Å²) in [6, 6.07) is 9.03. The first kappa shape index (κ1) is 16.2. The highest BCUT2D eigenvalue weighted by atomic mass is 35.5. The first-order chi connectivity index (χ1) is 11.1. The van der Waals surface area contributed by atoms with Gasteiger partial charge in [0.1, 0.15) is 0 Å². The largest absolute Gasteiger partial charge is 0.336 e. The van der Waals surface area contributed by atoms with Crippen LogP contribution in [0.3, 0.4) is 0 Å². The molecule has 2 aromatic rings. The second kappa shape index (κ2) is 7.30. The van der Waals surface area contributed by atoms with Crippen LogP contribution in [0, 0.1) is 0 Å². The maximum Gasteiger partial charge on any atom is 0.253 e. The van der Waals surface area contributed by atoms with Gasteiger partial charge in [0.15, 0.2) is 0 Å². The lowest BCUT2D eigenvalue weighted by Gasteiger charge is -2.34. The van der Waals surface area contributed by atoms with Gasteiger partial charge in [-0.1, -0.05) is 29.3 Å². The van der Waals surface area contributed by atoms with Gasteiger partial charge in [-0.15, -0.1) is 0 Å². The van der Waals surface area contributed by atoms with E-state index in [1.807, 2.05) is 17.2 Å². The lowest BCUT2D eigenvalue weighted by atomic mass is 10.1. The van der Waals surface area contributed by atoms with Gasteiger partial charge in [-0.2, -0.15) is 0 Å². The van der Waals surface area contributed by atoms with E-state index in [2.05, 4.69) is 16.0 Å². The van der Waals surface area contributed by atoms with Crippen LogP contribution in [0.25, 0.3) is 0 Å². The number of rotatable bonds is 3. The summed E-state index contributed by atoms with van der Waals surface area (Å²) in [5.41, 5.74) is 1.77. The monoisotopic (exact) mass is 349 g/mol. The van der Waals surface area contributed by atoms with Crippen LogP contribution in [0.5, 0.6) is 0 Å². The van der Waals surface area contributed by atoms with E-state index in [-0.39, 0.29) is 5.91 Å². The summed E-state index contributed by atoms with van der Waals surface area (Å²) in [6.07, 6.45) is 3.66. The Balaban J connectivity index is 1.58. The van der Waals surface area contributed by atoms with Crippen molar-refractivity contribution in [3.05, 3.63) is 63.9 Å². The van der Waals surface area contributed by atoms with Gasteiger partial charge in [0.25, 0.3) is 5.91 Å². The molecule has 0 N–H and O–H groups in total. The Morgan fingerprint density at radius 2 is 1.87 bits per heavy atom. The number of hydrogen-bond donors (Lipinski definition) is 0. The smallest absolute Gasteiger partial charge is 0.253 e. The van der Waals surface area contributed by atoms with E-state index >= 15 is 0 Å². The molecule has 1 amide bonds. The van der Waals surface area contributed by atoms with Crippen molar-refractivity contribution in [2.75, 3.05) is 26.2 Å². The maximum absolute atomic E-state index is 12.5. The molecule has 3 rings (SSSR count). The summed E-state index contributed by atoms with van der Waals surface area (Å²) in [4.78, 5) is 20.8. The molecule has 0 unspecified atom stereocenters. The minimum atomic E-state index is 0.00425. The molecule has 1 saturated heterocycles. The number of carbonyl (C=O) groups excluding carboxylic acids is 1. The van der Waals surface area contributed by atoms with Crippen LogP contribution >= 0.6 is 23.2 Å². The predicted octanol–water partition coefficient (Wildman–Crippen LogP) is 3.35. The number of piperazine rings is 1. The predicted molar refractivity (Wildman–Crippen MR) is 91.9 cm³/mol. The highest BCUT2D eigenvalue weighted by molar-refractivity contribution is 6.42. The average molecular weight is 350 g/mol. The van der Waals surface area contributed by atoms with Crippen molar-refractivity contribution in [1.82, 2.24) is 14.8 Å². The number of benzene rings is 1. The summed E-state index contributed by atoms with van der Waals surface area (Å²) in [5.74, 6) is 0.00425. The van der Waals surface area contributed by atoms with Crippen molar-refractivity contribution in [3.8, 4) is 0 Å². The molecular formula is C17H17Cl2N3O. The second-order valence-electron chi connectivity index (χ2n) is 5.56. The molecule has 0 radical (unpaired) electrons. The Kier molecular flexibility index (Phi) is 5.16. The van der Waals surface area contributed by atoms with Crippen LogP contribution in [0.1, 0.15) is 15.9 Å². The zero-order chi connectivity index (χ0) is 16.2. The lowest BCUT2D eigenvalue weighted by Crippen LogP contribution is -2.48. The molecule has 23 heavy (non-hydrogen) atoms. The standard InChI is InChI=1S/C17H17Cl2N3O/c18-15-4-3-14(10-16(15)19)17(23)22-8-6-21(7-9-22)12-13-2-1-5-20-11-13/h1-5,10-11H,6-9,12H2. The van der Waals surface area contributed by atoms with Crippen LogP contribution in [0.15, 0.2) is 42.7 Å². The van der Waals surface area contributed by atoms with Crippen molar-refractivity contribution in [2.24, 2.45) is 0 Å². The van der Waals surface area contributed by atoms with Crippen molar-refractivity contribution in [3.63, 3.8) is 0 Å². The minimum Gasteiger partial charge on any atom is -0.336 e. The Bertz CT molecular complexity index is 685. The summed E-state index contributed by atoms with van der Waals surface area (Å²) in [7, 11) is 0. The molecule has 0 atom stereocenters. The van der Waals surface area contributed by atoms with E-state index in [0.29, 0.717) is 28.7 Å². The molecule has 0 spiro atoms. The van der Waals surface area contributed by atoms with Gasteiger partial charge in [0, 0.05) is 50.7 Å². The molecule has 6 heteroatoms. The highest BCUT2D eigenvalue weighted by Gasteiger charge is 2.22. The molecule has 1 aromatic heterocycles. The molecule has 0 saturated carbocycles. The maximum atomic E-state index is 12.5. The highest BCUT2D eigenvalue weighted by Crippen LogP contribution is 2.23. The van der Waals surface area contributed by atoms with Crippen molar-refractivity contribution < 1.29 is 4.79 Å². The first-order valence-corrected chi connectivity index (χ1v) is 8.24. The summed E-state index contributed by atoms with van der Waals surface area (Å²) >= 11 is 11.9. The number of amides is 1. The molecular weight excluding hydrogens is 333 g/mol. The van der Waals surface area contributed by atoms with Gasteiger partial charge in [-0.3, -0.25) is 14.7 Å². The number of nitrogens with zero attached hydrogens (tertiary/aromatic N) is 3. The number of hydrogen-bond acceptors (Lipinski definition) is 3. The SMILES string of the molecule is O=C(c1ccc(Cl)c(Cl)c1)N1CCN(Cc2cccnc2)CC1. The molecule has 0 aliphatic carbocycles. The van der Waals surface area contributed by atoms with Crippen LogP contribution in [0.4, 0.5) is 0 Å². The van der Waals surface area contributed by atoms with Crippen LogP contribution in [-0.4, -0.2) is 46.9 Å². The second-order valence-corrected chi connectivity index (χ2v) is 6.37. The summed E-state index contributed by atoms with van der Waals surface area (Å²) < 4.78 is 0. The third-order valence-corrected chi connectivity index (χ3v) is 4.69. The van der Waals surface area contributed by atoms with Crippen molar-refractivity contribution in [1.29, 1.82) is 0 Å². The van der Waals surface area contributed by atoms with Gasteiger partial charge in [-0.25, -0.2) is 0 Å². The topological polar surface area (TPSA) is 36.4 Å². The van der Waals surface area contributed by atoms with Crippen LogP contribution in [-0.2, 0) is 6.54 Å². The van der Waals surface area contributed by atoms with E-state index in [9.17, 15) is 4.79 Å². The number of carbonyl (C=O) groups is 1. The zero-order valence-corrected chi connectivity index (χ0v) is 14.1. The van der Waals surface area contributed by atoms with E-state index < -0.39 is 0 Å². The van der Waals surface area contributed by atoms with Gasteiger partial charge >= 0.3 is 0 Å². The Hall–Kier alpha value is -1.62. The van der Waals surface area contributed by atoms with E-state index in [1.165, 1.54) is 5.56 Å². The average Bonchev–Trinajstić information content (AvgIpc) is 2.58. The molecule has 4 nitrogen and oxygen atoms in total. The van der Waals surface area contributed by atoms with Gasteiger partial charge in [0.05, 0.1) is 10.0 Å². The van der Waals surface area contributed by atoms with E-state index in [0.717, 1.165) is 19.6 Å². The summed E-state index contributed by atoms with van der Waals surface area (Å²) in [5, 5.41) is 0.872.